The van der Waals surface area contributed by atoms with Crippen LogP contribution in [0.25, 0.3) is 0 Å². The molecule has 0 aromatic heterocycles. The number of hydrogen-bond acceptors (Lipinski definition) is 2. The van der Waals surface area contributed by atoms with Crippen molar-refractivity contribution in [3.63, 3.8) is 0 Å². The lowest BCUT2D eigenvalue weighted by Crippen LogP contribution is -2.44. The molecule has 0 radical (unpaired) electrons. The van der Waals surface area contributed by atoms with Gasteiger partial charge in [-0.1, -0.05) is 0 Å². The summed E-state index contributed by atoms with van der Waals surface area (Å²) in [6.45, 7) is 2.08. The van der Waals surface area contributed by atoms with E-state index >= 15 is 0 Å². The highest BCUT2D eigenvalue weighted by Crippen LogP contribution is 2.54. The van der Waals surface area contributed by atoms with Gasteiger partial charge >= 0.3 is 0 Å². The second-order valence-corrected chi connectivity index (χ2v) is 6.77. The molecule has 2 aliphatic heterocycles. The highest BCUT2D eigenvalue weighted by Gasteiger charge is 2.62. The van der Waals surface area contributed by atoms with Crippen LogP contribution in [0.2, 0.25) is 0 Å². The number of alkyl halides is 2. The van der Waals surface area contributed by atoms with Gasteiger partial charge in [-0.2, -0.15) is 5.26 Å². The summed E-state index contributed by atoms with van der Waals surface area (Å²) < 4.78 is 41.5. The zero-order chi connectivity index (χ0) is 17.0. The summed E-state index contributed by atoms with van der Waals surface area (Å²) in [7, 11) is 0. The number of nitriles is 1. The maximum absolute atomic E-state index is 13.9. The van der Waals surface area contributed by atoms with Gasteiger partial charge in [0.15, 0.2) is 0 Å². The van der Waals surface area contributed by atoms with E-state index in [4.69, 9.17) is 5.26 Å². The first-order valence-corrected chi connectivity index (χ1v) is 7.58. The third-order valence-corrected chi connectivity index (χ3v) is 5.26. The molecule has 0 unspecified atom stereocenters. The van der Waals surface area contributed by atoms with Gasteiger partial charge in [0.05, 0.1) is 17.7 Å². The third kappa shape index (κ3) is 2.30. The molecule has 2 fully saturated rings. The van der Waals surface area contributed by atoms with Crippen LogP contribution < -0.4 is 0 Å². The van der Waals surface area contributed by atoms with E-state index in [1.165, 1.54) is 24.0 Å². The van der Waals surface area contributed by atoms with E-state index in [1.807, 2.05) is 6.07 Å². The second kappa shape index (κ2) is 4.98. The van der Waals surface area contributed by atoms with Gasteiger partial charge in [-0.05, 0) is 49.9 Å². The van der Waals surface area contributed by atoms with Crippen LogP contribution in [-0.2, 0) is 4.79 Å². The molecule has 1 aromatic carbocycles. The van der Waals surface area contributed by atoms with Gasteiger partial charge in [0, 0.05) is 13.0 Å². The standard InChI is InChI=1S/C17H17F3N2O/c1-16(17(2,19)20)8-13-3-4-14(22(13)15(16)23)11-5-10(9-21)6-12(18)7-11/h5-7,13-14H,3-4,8H2,1-2H3/t13-,14-,16-/m1/s1. The van der Waals surface area contributed by atoms with E-state index in [-0.39, 0.29) is 18.0 Å². The van der Waals surface area contributed by atoms with Gasteiger partial charge in [-0.15, -0.1) is 0 Å². The maximum Gasteiger partial charge on any atom is 0.259 e. The average Bonchev–Trinajstić information content (AvgIpc) is 2.97. The normalized spacial score (nSPS) is 30.4. The van der Waals surface area contributed by atoms with E-state index < -0.39 is 29.1 Å². The smallest absolute Gasteiger partial charge is 0.259 e. The first-order chi connectivity index (χ1) is 10.7. The van der Waals surface area contributed by atoms with Crippen molar-refractivity contribution in [2.45, 2.75) is 51.1 Å². The number of nitrogens with zero attached hydrogens (tertiary/aromatic N) is 2. The quantitative estimate of drug-likeness (QED) is 0.831. The van der Waals surface area contributed by atoms with Crippen molar-refractivity contribution in [3.8, 4) is 6.07 Å². The summed E-state index contributed by atoms with van der Waals surface area (Å²) in [5.74, 6) is -4.25. The Balaban J connectivity index is 1.98. The summed E-state index contributed by atoms with van der Waals surface area (Å²) in [5.41, 5.74) is -1.05. The van der Waals surface area contributed by atoms with Crippen molar-refractivity contribution in [2.24, 2.45) is 5.41 Å². The molecule has 6 heteroatoms. The summed E-state index contributed by atoms with van der Waals surface area (Å²) in [6.07, 6.45) is 1.31. The lowest BCUT2D eigenvalue weighted by atomic mass is 9.80. The molecular weight excluding hydrogens is 305 g/mol. The number of hydrogen-bond donors (Lipinski definition) is 0. The fourth-order valence-corrected chi connectivity index (χ4v) is 3.80. The SMILES string of the molecule is CC(F)(F)[C@]1(C)C[C@H]2CC[C@H](c3cc(F)cc(C#N)c3)N2C1=O. The van der Waals surface area contributed by atoms with Crippen LogP contribution in [0.15, 0.2) is 18.2 Å². The molecule has 0 spiro atoms. The average molecular weight is 322 g/mol. The fraction of sp³-hybridized carbons (Fsp3) is 0.529. The lowest BCUT2D eigenvalue weighted by Gasteiger charge is -2.31. The van der Waals surface area contributed by atoms with Crippen LogP contribution in [0.3, 0.4) is 0 Å². The summed E-state index contributed by atoms with van der Waals surface area (Å²) in [4.78, 5) is 14.1. The highest BCUT2D eigenvalue weighted by atomic mass is 19.3. The van der Waals surface area contributed by atoms with E-state index in [1.54, 1.807) is 0 Å². The van der Waals surface area contributed by atoms with Crippen molar-refractivity contribution in [1.82, 2.24) is 4.90 Å². The van der Waals surface area contributed by atoms with E-state index in [0.717, 1.165) is 13.0 Å². The van der Waals surface area contributed by atoms with Crippen molar-refractivity contribution in [2.75, 3.05) is 0 Å². The molecule has 0 N–H and O–H groups in total. The van der Waals surface area contributed by atoms with Crippen LogP contribution in [0.4, 0.5) is 13.2 Å². The van der Waals surface area contributed by atoms with Crippen LogP contribution in [-0.4, -0.2) is 22.8 Å². The molecular formula is C17H17F3N2O. The first kappa shape index (κ1) is 15.9. The Bertz CT molecular complexity index is 707. The van der Waals surface area contributed by atoms with Crippen LogP contribution >= 0.6 is 0 Å². The fourth-order valence-electron chi connectivity index (χ4n) is 3.80. The largest absolute Gasteiger partial charge is 0.332 e. The second-order valence-electron chi connectivity index (χ2n) is 6.77. The Kier molecular flexibility index (Phi) is 3.44. The highest BCUT2D eigenvalue weighted by molar-refractivity contribution is 5.87. The van der Waals surface area contributed by atoms with Gasteiger partial charge < -0.3 is 4.90 Å². The summed E-state index contributed by atoms with van der Waals surface area (Å²) in [5, 5.41) is 8.96. The molecule has 2 aliphatic rings. The zero-order valence-corrected chi connectivity index (χ0v) is 12.9. The molecule has 0 bridgehead atoms. The van der Waals surface area contributed by atoms with Gasteiger partial charge in [-0.25, -0.2) is 13.2 Å². The zero-order valence-electron chi connectivity index (χ0n) is 12.9. The lowest BCUT2D eigenvalue weighted by molar-refractivity contribution is -0.156. The molecule has 2 saturated heterocycles. The van der Waals surface area contributed by atoms with Gasteiger partial charge in [0.2, 0.25) is 5.91 Å². The topological polar surface area (TPSA) is 44.1 Å². The first-order valence-electron chi connectivity index (χ1n) is 7.58. The number of amides is 1. The van der Waals surface area contributed by atoms with Crippen molar-refractivity contribution < 1.29 is 18.0 Å². The Labute approximate surface area is 132 Å². The van der Waals surface area contributed by atoms with Gasteiger partial charge in [0.25, 0.3) is 5.92 Å². The van der Waals surface area contributed by atoms with Crippen molar-refractivity contribution >= 4 is 5.91 Å². The van der Waals surface area contributed by atoms with Crippen LogP contribution in [0.1, 0.15) is 50.3 Å². The minimum absolute atomic E-state index is 0.103. The number of benzene rings is 1. The molecule has 2 heterocycles. The van der Waals surface area contributed by atoms with Crippen LogP contribution in [0.5, 0.6) is 0 Å². The number of carbonyl (C=O) groups is 1. The number of halogens is 3. The maximum atomic E-state index is 13.9. The Morgan fingerprint density at radius 1 is 1.35 bits per heavy atom. The van der Waals surface area contributed by atoms with E-state index in [2.05, 4.69) is 0 Å². The summed E-state index contributed by atoms with van der Waals surface area (Å²) >= 11 is 0. The molecule has 23 heavy (non-hydrogen) atoms. The third-order valence-electron chi connectivity index (χ3n) is 5.26. The van der Waals surface area contributed by atoms with E-state index in [0.29, 0.717) is 18.4 Å². The predicted molar refractivity (Wildman–Crippen MR) is 77.1 cm³/mol. The molecule has 3 nitrogen and oxygen atoms in total. The summed E-state index contributed by atoms with van der Waals surface area (Å²) in [6, 6.07) is 5.11. The molecule has 1 amide bonds. The van der Waals surface area contributed by atoms with E-state index in [9.17, 15) is 18.0 Å². The molecule has 0 saturated carbocycles. The van der Waals surface area contributed by atoms with Crippen molar-refractivity contribution in [3.05, 3.63) is 35.1 Å². The number of rotatable bonds is 2. The van der Waals surface area contributed by atoms with Crippen molar-refractivity contribution in [1.29, 1.82) is 5.26 Å². The molecule has 1 aromatic rings. The van der Waals surface area contributed by atoms with Crippen LogP contribution in [0, 0.1) is 22.6 Å². The molecule has 122 valence electrons. The Hall–Kier alpha value is -2.03. The van der Waals surface area contributed by atoms with Gasteiger partial charge in [0.1, 0.15) is 11.2 Å². The molecule has 3 rings (SSSR count). The molecule has 3 atom stereocenters. The number of fused-ring (bicyclic) bond motifs is 1. The Morgan fingerprint density at radius 3 is 2.65 bits per heavy atom. The Morgan fingerprint density at radius 2 is 2.04 bits per heavy atom. The van der Waals surface area contributed by atoms with Gasteiger partial charge in [-0.3, -0.25) is 4.79 Å². The predicted octanol–water partition coefficient (Wildman–Crippen LogP) is 3.79. The molecule has 0 aliphatic carbocycles. The minimum Gasteiger partial charge on any atom is -0.332 e. The number of carbonyl (C=O) groups excluding carboxylic acids is 1. The monoisotopic (exact) mass is 322 g/mol. The minimum atomic E-state index is -3.11.